The van der Waals surface area contributed by atoms with Gasteiger partial charge < -0.3 is 10.0 Å². The molecule has 0 aliphatic heterocycles. The molecule has 0 aromatic heterocycles. The molecule has 1 aliphatic carbocycles. The zero-order valence-electron chi connectivity index (χ0n) is 12.4. The summed E-state index contributed by atoms with van der Waals surface area (Å²) in [5.74, 6) is 1.71. The average molecular weight is 279 g/mol. The standard InChI is InChI=1S/C16H25NO3/c1-3-10-17(11-4-2)14(18)12-16(13-15(19)20)8-6-5-7-9-16/h1H,4-13H2,2H3,(H,19,20). The summed E-state index contributed by atoms with van der Waals surface area (Å²) >= 11 is 0. The summed E-state index contributed by atoms with van der Waals surface area (Å²) in [6, 6.07) is 0. The smallest absolute Gasteiger partial charge is 0.303 e. The van der Waals surface area contributed by atoms with E-state index >= 15 is 0 Å². The quantitative estimate of drug-likeness (QED) is 0.729. The molecule has 0 saturated heterocycles. The topological polar surface area (TPSA) is 57.6 Å². The fourth-order valence-electron chi connectivity index (χ4n) is 3.14. The second-order valence-electron chi connectivity index (χ2n) is 5.83. The average Bonchev–Trinajstić information content (AvgIpc) is 2.38. The second kappa shape index (κ2) is 7.94. The molecule has 0 radical (unpaired) electrons. The monoisotopic (exact) mass is 279 g/mol. The lowest BCUT2D eigenvalue weighted by Gasteiger charge is -2.37. The molecule has 1 aliphatic rings. The van der Waals surface area contributed by atoms with Crippen molar-refractivity contribution in [2.45, 2.75) is 58.3 Å². The first-order valence-corrected chi connectivity index (χ1v) is 7.46. The fraction of sp³-hybridized carbons (Fsp3) is 0.750. The van der Waals surface area contributed by atoms with E-state index in [4.69, 9.17) is 11.5 Å². The number of carboxylic acid groups (broad SMARTS) is 1. The molecule has 0 aromatic rings. The van der Waals surface area contributed by atoms with E-state index in [0.29, 0.717) is 19.5 Å². The lowest BCUT2D eigenvalue weighted by molar-refractivity contribution is -0.142. The van der Waals surface area contributed by atoms with Gasteiger partial charge in [-0.3, -0.25) is 9.59 Å². The third-order valence-corrected chi connectivity index (χ3v) is 4.10. The molecule has 1 fully saturated rings. The van der Waals surface area contributed by atoms with Crippen molar-refractivity contribution in [2.24, 2.45) is 5.41 Å². The molecule has 4 heteroatoms. The van der Waals surface area contributed by atoms with Gasteiger partial charge >= 0.3 is 5.97 Å². The van der Waals surface area contributed by atoms with E-state index in [9.17, 15) is 9.59 Å². The highest BCUT2D eigenvalue weighted by Gasteiger charge is 2.37. The summed E-state index contributed by atoms with van der Waals surface area (Å²) in [4.78, 5) is 25.2. The van der Waals surface area contributed by atoms with E-state index in [1.807, 2.05) is 6.92 Å². The number of carbonyl (C=O) groups is 2. The summed E-state index contributed by atoms with van der Waals surface area (Å²) in [7, 11) is 0. The van der Waals surface area contributed by atoms with Crippen LogP contribution in [0.25, 0.3) is 0 Å². The molecule has 0 atom stereocenters. The highest BCUT2D eigenvalue weighted by atomic mass is 16.4. The second-order valence-corrected chi connectivity index (χ2v) is 5.83. The maximum absolute atomic E-state index is 12.4. The number of terminal acetylenes is 1. The Morgan fingerprint density at radius 2 is 1.90 bits per heavy atom. The first-order chi connectivity index (χ1) is 9.53. The van der Waals surface area contributed by atoms with Gasteiger partial charge in [-0.1, -0.05) is 32.1 Å². The summed E-state index contributed by atoms with van der Waals surface area (Å²) < 4.78 is 0. The molecule has 1 amide bonds. The van der Waals surface area contributed by atoms with E-state index in [1.54, 1.807) is 4.90 Å². The van der Waals surface area contributed by atoms with E-state index in [1.165, 1.54) is 0 Å². The van der Waals surface area contributed by atoms with Crippen molar-refractivity contribution < 1.29 is 14.7 Å². The number of nitrogens with zero attached hydrogens (tertiary/aromatic N) is 1. The minimum absolute atomic E-state index is 0.00736. The third-order valence-electron chi connectivity index (χ3n) is 4.10. The van der Waals surface area contributed by atoms with Crippen LogP contribution in [0.15, 0.2) is 0 Å². The Labute approximate surface area is 121 Å². The van der Waals surface area contributed by atoms with Gasteiger partial charge in [-0.05, 0) is 24.7 Å². The predicted molar refractivity (Wildman–Crippen MR) is 78.1 cm³/mol. The van der Waals surface area contributed by atoms with Gasteiger partial charge in [0, 0.05) is 13.0 Å². The zero-order valence-corrected chi connectivity index (χ0v) is 12.4. The summed E-state index contributed by atoms with van der Waals surface area (Å²) in [5.41, 5.74) is -0.359. The first-order valence-electron chi connectivity index (χ1n) is 7.46. The van der Waals surface area contributed by atoms with Crippen LogP contribution in [0.2, 0.25) is 0 Å². The first kappa shape index (κ1) is 16.6. The van der Waals surface area contributed by atoms with Gasteiger partial charge in [0.1, 0.15) is 0 Å². The van der Waals surface area contributed by atoms with Crippen LogP contribution in [0.5, 0.6) is 0 Å². The number of carboxylic acids is 1. The Balaban J connectivity index is 2.74. The molecule has 0 unspecified atom stereocenters. The van der Waals surface area contributed by atoms with Crippen molar-refractivity contribution in [3.63, 3.8) is 0 Å². The summed E-state index contributed by atoms with van der Waals surface area (Å²) in [6.07, 6.45) is 11.4. The molecule has 0 aromatic carbocycles. The lowest BCUT2D eigenvalue weighted by Crippen LogP contribution is -2.38. The van der Waals surface area contributed by atoms with Gasteiger partial charge in [0.15, 0.2) is 0 Å². The van der Waals surface area contributed by atoms with Crippen LogP contribution in [-0.4, -0.2) is 35.0 Å². The highest BCUT2D eigenvalue weighted by Crippen LogP contribution is 2.42. The lowest BCUT2D eigenvalue weighted by atomic mass is 9.69. The number of hydrogen-bond acceptors (Lipinski definition) is 2. The summed E-state index contributed by atoms with van der Waals surface area (Å²) in [5, 5.41) is 9.13. The Kier molecular flexibility index (Phi) is 6.57. The van der Waals surface area contributed by atoms with Crippen LogP contribution in [0.3, 0.4) is 0 Å². The third kappa shape index (κ3) is 4.88. The molecule has 20 heavy (non-hydrogen) atoms. The van der Waals surface area contributed by atoms with Gasteiger partial charge in [-0.25, -0.2) is 0 Å². The molecule has 1 rings (SSSR count). The number of rotatable bonds is 7. The van der Waals surface area contributed by atoms with Crippen LogP contribution in [-0.2, 0) is 9.59 Å². The normalized spacial score (nSPS) is 17.2. The van der Waals surface area contributed by atoms with Gasteiger partial charge in [-0.2, -0.15) is 0 Å². The molecule has 112 valence electrons. The molecular weight excluding hydrogens is 254 g/mol. The Morgan fingerprint density at radius 3 is 2.40 bits per heavy atom. The number of hydrogen-bond donors (Lipinski definition) is 1. The highest BCUT2D eigenvalue weighted by molar-refractivity contribution is 5.78. The van der Waals surface area contributed by atoms with E-state index < -0.39 is 5.97 Å². The van der Waals surface area contributed by atoms with Crippen LogP contribution in [0.1, 0.15) is 58.3 Å². The maximum Gasteiger partial charge on any atom is 0.303 e. The Bertz CT molecular complexity index is 378. The van der Waals surface area contributed by atoms with Crippen molar-refractivity contribution in [3.05, 3.63) is 0 Å². The zero-order chi connectivity index (χ0) is 15.0. The van der Waals surface area contributed by atoms with Crippen molar-refractivity contribution in [3.8, 4) is 12.3 Å². The Morgan fingerprint density at radius 1 is 1.25 bits per heavy atom. The largest absolute Gasteiger partial charge is 0.481 e. The maximum atomic E-state index is 12.4. The molecule has 0 bridgehead atoms. The van der Waals surface area contributed by atoms with Gasteiger partial charge in [0.05, 0.1) is 13.0 Å². The SMILES string of the molecule is C#CCN(CCC)C(=O)CC1(CC(=O)O)CCCCC1. The van der Waals surface area contributed by atoms with Crippen LogP contribution in [0, 0.1) is 17.8 Å². The molecule has 0 spiro atoms. The molecule has 1 N–H and O–H groups in total. The number of amides is 1. The number of carbonyl (C=O) groups excluding carboxylic acids is 1. The Hall–Kier alpha value is -1.50. The molecule has 0 heterocycles. The van der Waals surface area contributed by atoms with Crippen LogP contribution >= 0.6 is 0 Å². The van der Waals surface area contributed by atoms with Crippen molar-refractivity contribution in [2.75, 3.05) is 13.1 Å². The van der Waals surface area contributed by atoms with Crippen LogP contribution in [0.4, 0.5) is 0 Å². The van der Waals surface area contributed by atoms with Crippen molar-refractivity contribution in [1.29, 1.82) is 0 Å². The van der Waals surface area contributed by atoms with Crippen molar-refractivity contribution in [1.82, 2.24) is 4.90 Å². The predicted octanol–water partition coefficient (Wildman–Crippen LogP) is 2.67. The van der Waals surface area contributed by atoms with Gasteiger partial charge in [0.2, 0.25) is 5.91 Å². The van der Waals surface area contributed by atoms with E-state index in [-0.39, 0.29) is 17.7 Å². The molecule has 4 nitrogen and oxygen atoms in total. The minimum atomic E-state index is -0.807. The fourth-order valence-corrected chi connectivity index (χ4v) is 3.14. The van der Waals surface area contributed by atoms with E-state index in [0.717, 1.165) is 38.5 Å². The number of aliphatic carboxylic acids is 1. The van der Waals surface area contributed by atoms with Crippen molar-refractivity contribution >= 4 is 11.9 Å². The molecular formula is C16H25NO3. The van der Waals surface area contributed by atoms with Gasteiger partial charge in [-0.15, -0.1) is 6.42 Å². The molecule has 1 saturated carbocycles. The van der Waals surface area contributed by atoms with Gasteiger partial charge in [0.25, 0.3) is 0 Å². The van der Waals surface area contributed by atoms with E-state index in [2.05, 4.69) is 5.92 Å². The minimum Gasteiger partial charge on any atom is -0.481 e. The summed E-state index contributed by atoms with van der Waals surface area (Å²) in [6.45, 7) is 2.96. The van der Waals surface area contributed by atoms with Crippen LogP contribution < -0.4 is 0 Å².